The Labute approximate surface area is 186 Å². The second-order valence-electron chi connectivity index (χ2n) is 8.09. The minimum atomic E-state index is -2.63. The molecule has 2 aliphatic heterocycles. The summed E-state index contributed by atoms with van der Waals surface area (Å²) in [6, 6.07) is 3.45. The lowest BCUT2D eigenvalue weighted by atomic mass is 9.92. The molecule has 1 amide bonds. The van der Waals surface area contributed by atoms with Crippen LogP contribution >= 0.6 is 0 Å². The van der Waals surface area contributed by atoms with Crippen LogP contribution in [-0.4, -0.2) is 54.4 Å². The Kier molecular flexibility index (Phi) is 6.25. The normalized spacial score (nSPS) is 16.5. The molecule has 32 heavy (non-hydrogen) atoms. The number of alkyl halides is 2. The number of allylic oxidation sites excluding steroid dienone is 1. The van der Waals surface area contributed by atoms with Crippen LogP contribution in [0.15, 0.2) is 23.3 Å². The Morgan fingerprint density at radius 1 is 1.31 bits per heavy atom. The van der Waals surface area contributed by atoms with Crippen molar-refractivity contribution < 1.29 is 13.6 Å². The smallest absolute Gasteiger partial charge is 0.264 e. The van der Waals surface area contributed by atoms with Gasteiger partial charge in [-0.25, -0.2) is 8.78 Å². The summed E-state index contributed by atoms with van der Waals surface area (Å²) >= 11 is 0. The van der Waals surface area contributed by atoms with Gasteiger partial charge in [-0.2, -0.15) is 5.10 Å². The number of nitrogens with zero attached hydrogens (tertiary/aromatic N) is 4. The lowest BCUT2D eigenvalue weighted by Gasteiger charge is -2.33. The number of hydrogen-bond acceptors (Lipinski definition) is 5. The molecule has 0 unspecified atom stereocenters. The number of nitrogens with one attached hydrogen (secondary N) is 2. The summed E-state index contributed by atoms with van der Waals surface area (Å²) in [5.41, 5.74) is 4.78. The quantitative estimate of drug-likeness (QED) is 0.694. The van der Waals surface area contributed by atoms with Crippen LogP contribution in [0.3, 0.4) is 0 Å². The topological polar surface area (TPSA) is 76.6 Å². The fourth-order valence-electron chi connectivity index (χ4n) is 4.55. The SMILES string of the molecule is CN=C/C(=C\NC)c1cc2c(cc1C(F)F)N(c1n[nH]c3c1CN(C(C)=O)CC3)CCC2. The maximum atomic E-state index is 14.1. The number of amides is 1. The predicted molar refractivity (Wildman–Crippen MR) is 122 cm³/mol. The molecule has 2 aromatic rings. The van der Waals surface area contributed by atoms with Gasteiger partial charge in [0.1, 0.15) is 0 Å². The number of carbonyl (C=O) groups is 1. The van der Waals surface area contributed by atoms with E-state index in [1.54, 1.807) is 44.4 Å². The number of anilines is 2. The highest BCUT2D eigenvalue weighted by molar-refractivity contribution is 6.10. The van der Waals surface area contributed by atoms with E-state index in [0.29, 0.717) is 37.2 Å². The van der Waals surface area contributed by atoms with Gasteiger partial charge in [-0.3, -0.25) is 14.9 Å². The minimum Gasteiger partial charge on any atom is -0.393 e. The van der Waals surface area contributed by atoms with E-state index >= 15 is 0 Å². The first kappa shape index (κ1) is 22.0. The third-order valence-corrected chi connectivity index (χ3v) is 6.10. The van der Waals surface area contributed by atoms with E-state index in [2.05, 4.69) is 20.5 Å². The Morgan fingerprint density at radius 2 is 2.12 bits per heavy atom. The Balaban J connectivity index is 1.80. The highest BCUT2D eigenvalue weighted by Gasteiger charge is 2.30. The number of hydrogen-bond donors (Lipinski definition) is 2. The van der Waals surface area contributed by atoms with E-state index < -0.39 is 6.43 Å². The first-order valence-electron chi connectivity index (χ1n) is 10.8. The Morgan fingerprint density at radius 3 is 2.81 bits per heavy atom. The molecule has 170 valence electrons. The number of aromatic amines is 1. The van der Waals surface area contributed by atoms with Crippen molar-refractivity contribution in [3.8, 4) is 0 Å². The first-order chi connectivity index (χ1) is 15.4. The summed E-state index contributed by atoms with van der Waals surface area (Å²) in [6.07, 6.45) is 3.02. The molecule has 0 bridgehead atoms. The first-order valence-corrected chi connectivity index (χ1v) is 10.8. The third-order valence-electron chi connectivity index (χ3n) is 6.10. The molecule has 7 nitrogen and oxygen atoms in total. The molecule has 9 heteroatoms. The molecule has 3 heterocycles. The van der Waals surface area contributed by atoms with Crippen LogP contribution in [0.2, 0.25) is 0 Å². The zero-order valence-electron chi connectivity index (χ0n) is 18.6. The second kappa shape index (κ2) is 9.10. The molecule has 0 aliphatic carbocycles. The summed E-state index contributed by atoms with van der Waals surface area (Å²) in [7, 11) is 3.35. The second-order valence-corrected chi connectivity index (χ2v) is 8.09. The van der Waals surface area contributed by atoms with Gasteiger partial charge < -0.3 is 15.1 Å². The van der Waals surface area contributed by atoms with Gasteiger partial charge in [-0.15, -0.1) is 0 Å². The molecule has 0 radical (unpaired) electrons. The van der Waals surface area contributed by atoms with Crippen LogP contribution in [0.25, 0.3) is 5.57 Å². The van der Waals surface area contributed by atoms with Crippen molar-refractivity contribution in [1.82, 2.24) is 20.4 Å². The average molecular weight is 443 g/mol. The lowest BCUT2D eigenvalue weighted by molar-refractivity contribution is -0.129. The molecular formula is C23H28F2N6O. The Bertz CT molecular complexity index is 1070. The molecule has 4 rings (SSSR count). The summed E-state index contributed by atoms with van der Waals surface area (Å²) < 4.78 is 28.3. The number of aliphatic imine (C=N–C) groups is 1. The van der Waals surface area contributed by atoms with E-state index in [1.165, 1.54) is 0 Å². The van der Waals surface area contributed by atoms with E-state index in [-0.39, 0.29) is 11.5 Å². The van der Waals surface area contributed by atoms with Gasteiger partial charge in [0.05, 0.1) is 6.54 Å². The molecule has 0 saturated heterocycles. The van der Waals surface area contributed by atoms with Gasteiger partial charge in [0.15, 0.2) is 5.82 Å². The zero-order valence-corrected chi connectivity index (χ0v) is 18.6. The lowest BCUT2D eigenvalue weighted by Crippen LogP contribution is -2.35. The van der Waals surface area contributed by atoms with Crippen molar-refractivity contribution in [1.29, 1.82) is 0 Å². The fraction of sp³-hybridized carbons (Fsp3) is 0.435. The number of aromatic nitrogens is 2. The maximum absolute atomic E-state index is 14.1. The molecule has 2 N–H and O–H groups in total. The fourth-order valence-corrected chi connectivity index (χ4v) is 4.55. The highest BCUT2D eigenvalue weighted by atomic mass is 19.3. The van der Waals surface area contributed by atoms with E-state index in [4.69, 9.17) is 0 Å². The number of halogens is 2. The summed E-state index contributed by atoms with van der Waals surface area (Å²) in [6.45, 7) is 3.37. The zero-order chi connectivity index (χ0) is 22.8. The van der Waals surface area contributed by atoms with Crippen molar-refractivity contribution >= 4 is 29.2 Å². The van der Waals surface area contributed by atoms with Gasteiger partial charge in [0.25, 0.3) is 6.43 Å². The number of benzene rings is 1. The van der Waals surface area contributed by atoms with Gasteiger partial charge >= 0.3 is 0 Å². The minimum absolute atomic E-state index is 0.0212. The van der Waals surface area contributed by atoms with E-state index in [1.807, 2.05) is 11.0 Å². The molecular weight excluding hydrogens is 414 g/mol. The number of carbonyl (C=O) groups excluding carboxylic acids is 1. The van der Waals surface area contributed by atoms with Crippen LogP contribution in [-0.2, 0) is 24.2 Å². The maximum Gasteiger partial charge on any atom is 0.264 e. The van der Waals surface area contributed by atoms with Crippen molar-refractivity contribution in [3.05, 3.63) is 46.3 Å². The van der Waals surface area contributed by atoms with Crippen LogP contribution in [0, 0.1) is 0 Å². The largest absolute Gasteiger partial charge is 0.393 e. The molecule has 0 saturated carbocycles. The standard InChI is InChI=1S/C23H28F2N6O/c1-14(32)30-8-6-20-19(13-30)23(29-28-20)31-7-4-5-15-9-17(16(11-26-2)12-27-3)18(22(24)25)10-21(15)31/h9-12,22,26H,4-8,13H2,1-3H3,(H,28,29)/b16-11+,27-12?. The van der Waals surface area contributed by atoms with Crippen molar-refractivity contribution in [2.45, 2.75) is 39.2 Å². The van der Waals surface area contributed by atoms with E-state index in [9.17, 15) is 13.6 Å². The van der Waals surface area contributed by atoms with Gasteiger partial charge in [-0.1, -0.05) is 0 Å². The average Bonchev–Trinajstić information content (AvgIpc) is 3.20. The van der Waals surface area contributed by atoms with Gasteiger partial charge in [-0.05, 0) is 36.1 Å². The van der Waals surface area contributed by atoms with Crippen LogP contribution in [0.5, 0.6) is 0 Å². The monoisotopic (exact) mass is 442 g/mol. The molecule has 1 aromatic heterocycles. The van der Waals surface area contributed by atoms with E-state index in [0.717, 1.165) is 41.2 Å². The third kappa shape index (κ3) is 3.99. The van der Waals surface area contributed by atoms with Gasteiger partial charge in [0, 0.05) is 81.0 Å². The summed E-state index contributed by atoms with van der Waals surface area (Å²) in [5, 5.41) is 10.6. The molecule has 0 fully saturated rings. The molecule has 0 atom stereocenters. The predicted octanol–water partition coefficient (Wildman–Crippen LogP) is 3.60. The van der Waals surface area contributed by atoms with Crippen molar-refractivity contribution in [2.75, 3.05) is 32.1 Å². The molecule has 2 aliphatic rings. The highest BCUT2D eigenvalue weighted by Crippen LogP contribution is 2.41. The van der Waals surface area contributed by atoms with Crippen molar-refractivity contribution in [3.63, 3.8) is 0 Å². The summed E-state index contributed by atoms with van der Waals surface area (Å²) in [5.74, 6) is 0.744. The molecule has 1 aromatic carbocycles. The molecule has 0 spiro atoms. The van der Waals surface area contributed by atoms with Crippen LogP contribution in [0.4, 0.5) is 20.3 Å². The van der Waals surface area contributed by atoms with Crippen LogP contribution in [0.1, 0.15) is 47.7 Å². The number of aryl methyl sites for hydroxylation is 1. The van der Waals surface area contributed by atoms with Crippen molar-refractivity contribution in [2.24, 2.45) is 4.99 Å². The number of fused-ring (bicyclic) bond motifs is 2. The summed E-state index contributed by atoms with van der Waals surface area (Å²) in [4.78, 5) is 19.8. The van der Waals surface area contributed by atoms with Gasteiger partial charge in [0.2, 0.25) is 5.91 Å². The Hall–Kier alpha value is -3.23. The number of H-pyrrole nitrogens is 1. The van der Waals surface area contributed by atoms with Crippen LogP contribution < -0.4 is 10.2 Å². The number of rotatable bonds is 5.